The molecule has 0 unspecified atom stereocenters. The van der Waals surface area contributed by atoms with Crippen molar-refractivity contribution in [3.63, 3.8) is 0 Å². The van der Waals surface area contributed by atoms with Gasteiger partial charge in [0.25, 0.3) is 0 Å². The van der Waals surface area contributed by atoms with Crippen LogP contribution in [-0.4, -0.2) is 25.4 Å². The standard InChI is InChI=1S/C22H31N3O3S/c1-16(8-6-9-17(2)14-18-15-24-21(26)25-18)11-12-19-20(29(27,28)23-5)10-7-13-22(19,3)4/h6,8-9,11-12,14-15,23H,7,10,13H2,1-5H3,(H2,24,25,26)/b9-6+,12-11+,16-8+,17-14+. The van der Waals surface area contributed by atoms with E-state index in [-0.39, 0.29) is 11.1 Å². The van der Waals surface area contributed by atoms with E-state index in [1.807, 2.05) is 50.3 Å². The van der Waals surface area contributed by atoms with Crippen molar-refractivity contribution in [1.82, 2.24) is 14.7 Å². The fourth-order valence-corrected chi connectivity index (χ4v) is 4.69. The topological polar surface area (TPSA) is 94.8 Å². The quantitative estimate of drug-likeness (QED) is 0.581. The van der Waals surface area contributed by atoms with E-state index < -0.39 is 10.0 Å². The van der Waals surface area contributed by atoms with E-state index in [1.54, 1.807) is 6.20 Å². The summed E-state index contributed by atoms with van der Waals surface area (Å²) in [6.45, 7) is 8.11. The molecule has 3 N–H and O–H groups in total. The molecule has 7 heteroatoms. The zero-order valence-electron chi connectivity index (χ0n) is 17.8. The normalized spacial score (nSPS) is 18.9. The van der Waals surface area contributed by atoms with Crippen LogP contribution in [0.25, 0.3) is 6.08 Å². The number of H-pyrrole nitrogens is 2. The average molecular weight is 418 g/mol. The van der Waals surface area contributed by atoms with E-state index in [0.29, 0.717) is 11.3 Å². The second-order valence-corrected chi connectivity index (χ2v) is 9.88. The number of imidazole rings is 1. The highest BCUT2D eigenvalue weighted by Crippen LogP contribution is 2.42. The lowest BCUT2D eigenvalue weighted by atomic mass is 9.75. The van der Waals surface area contributed by atoms with Crippen LogP contribution in [0.4, 0.5) is 0 Å². The maximum atomic E-state index is 12.4. The van der Waals surface area contributed by atoms with Gasteiger partial charge in [0.15, 0.2) is 0 Å². The Hall–Kier alpha value is -2.38. The summed E-state index contributed by atoms with van der Waals surface area (Å²) in [6.07, 6.45) is 15.6. The molecule has 1 aromatic heterocycles. The van der Waals surface area contributed by atoms with Gasteiger partial charge in [-0.1, -0.05) is 49.8 Å². The Balaban J connectivity index is 2.21. The van der Waals surface area contributed by atoms with Gasteiger partial charge >= 0.3 is 5.69 Å². The number of sulfonamides is 1. The molecule has 0 radical (unpaired) electrons. The van der Waals surface area contributed by atoms with Crippen LogP contribution in [-0.2, 0) is 10.0 Å². The molecule has 158 valence electrons. The Morgan fingerprint density at radius 1 is 1.21 bits per heavy atom. The molecule has 1 aliphatic carbocycles. The molecule has 0 saturated carbocycles. The molecule has 0 amide bonds. The first-order chi connectivity index (χ1) is 13.5. The monoisotopic (exact) mass is 417 g/mol. The largest absolute Gasteiger partial charge is 0.323 e. The van der Waals surface area contributed by atoms with E-state index in [2.05, 4.69) is 28.5 Å². The number of aromatic nitrogens is 2. The molecule has 1 aliphatic rings. The number of hydrogen-bond donors (Lipinski definition) is 3. The summed E-state index contributed by atoms with van der Waals surface area (Å²) in [5, 5.41) is 0. The predicted molar refractivity (Wildman–Crippen MR) is 120 cm³/mol. The van der Waals surface area contributed by atoms with Crippen LogP contribution >= 0.6 is 0 Å². The van der Waals surface area contributed by atoms with Gasteiger partial charge in [-0.25, -0.2) is 17.9 Å². The fourth-order valence-electron chi connectivity index (χ4n) is 3.40. The molecular weight excluding hydrogens is 386 g/mol. The summed E-state index contributed by atoms with van der Waals surface area (Å²) in [6, 6.07) is 0. The Bertz CT molecular complexity index is 1050. The van der Waals surface area contributed by atoms with Gasteiger partial charge < -0.3 is 9.97 Å². The minimum Gasteiger partial charge on any atom is -0.312 e. The lowest BCUT2D eigenvalue weighted by Crippen LogP contribution is -2.28. The van der Waals surface area contributed by atoms with Crippen molar-refractivity contribution in [2.75, 3.05) is 7.05 Å². The average Bonchev–Trinajstić information content (AvgIpc) is 3.04. The Kier molecular flexibility index (Phi) is 7.43. The first kappa shape index (κ1) is 22.9. The summed E-state index contributed by atoms with van der Waals surface area (Å²) in [5.74, 6) is 0. The highest BCUT2D eigenvalue weighted by molar-refractivity contribution is 7.93. The van der Waals surface area contributed by atoms with E-state index >= 15 is 0 Å². The van der Waals surface area contributed by atoms with Crippen molar-refractivity contribution in [1.29, 1.82) is 0 Å². The van der Waals surface area contributed by atoms with Crippen molar-refractivity contribution in [2.45, 2.75) is 47.0 Å². The van der Waals surface area contributed by atoms with Gasteiger partial charge in [-0.2, -0.15) is 0 Å². The van der Waals surface area contributed by atoms with Gasteiger partial charge in [-0.15, -0.1) is 0 Å². The maximum absolute atomic E-state index is 12.4. The smallest absolute Gasteiger partial charge is 0.312 e. The Morgan fingerprint density at radius 3 is 2.55 bits per heavy atom. The third-order valence-electron chi connectivity index (χ3n) is 5.06. The van der Waals surface area contributed by atoms with E-state index in [4.69, 9.17) is 0 Å². The third-order valence-corrected chi connectivity index (χ3v) is 6.67. The first-order valence-corrected chi connectivity index (χ1v) is 11.2. The van der Waals surface area contributed by atoms with Gasteiger partial charge in [0.1, 0.15) is 0 Å². The Morgan fingerprint density at radius 2 is 1.93 bits per heavy atom. The molecule has 1 aromatic rings. The molecule has 0 atom stereocenters. The third kappa shape index (κ3) is 6.30. The summed E-state index contributed by atoms with van der Waals surface area (Å²) in [4.78, 5) is 16.9. The van der Waals surface area contributed by atoms with Crippen molar-refractivity contribution < 1.29 is 8.42 Å². The van der Waals surface area contributed by atoms with Gasteiger partial charge in [0.2, 0.25) is 10.0 Å². The van der Waals surface area contributed by atoms with Crippen molar-refractivity contribution in [3.05, 3.63) is 74.4 Å². The maximum Gasteiger partial charge on any atom is 0.323 e. The predicted octanol–water partition coefficient (Wildman–Crippen LogP) is 4.18. The summed E-state index contributed by atoms with van der Waals surface area (Å²) in [5.41, 5.74) is 3.20. The van der Waals surface area contributed by atoms with Gasteiger partial charge in [0.05, 0.1) is 10.6 Å². The molecule has 0 spiro atoms. The first-order valence-electron chi connectivity index (χ1n) is 9.71. The van der Waals surface area contributed by atoms with Crippen LogP contribution in [0.2, 0.25) is 0 Å². The van der Waals surface area contributed by atoms with Crippen LogP contribution in [0, 0.1) is 5.41 Å². The molecule has 0 saturated heterocycles. The van der Waals surface area contributed by atoms with Crippen molar-refractivity contribution in [3.8, 4) is 0 Å². The number of allylic oxidation sites excluding steroid dienone is 9. The van der Waals surface area contributed by atoms with Crippen LogP contribution in [0.15, 0.2) is 63.0 Å². The second kappa shape index (κ2) is 9.41. The SMILES string of the molecule is CNS(=O)(=O)C1=C(/C=C/C(C)=C/C=C/C(C)=C/c2c[nH]c(=O)[nH]2)C(C)(C)CCC1. The molecule has 2 rings (SSSR count). The van der Waals surface area contributed by atoms with Crippen molar-refractivity contribution in [2.24, 2.45) is 5.41 Å². The second-order valence-electron chi connectivity index (χ2n) is 7.97. The number of hydrogen-bond acceptors (Lipinski definition) is 3. The molecule has 0 bridgehead atoms. The van der Waals surface area contributed by atoms with E-state index in [1.165, 1.54) is 7.05 Å². The minimum absolute atomic E-state index is 0.184. The summed E-state index contributed by atoms with van der Waals surface area (Å²) >= 11 is 0. The van der Waals surface area contributed by atoms with Crippen LogP contribution in [0.5, 0.6) is 0 Å². The summed E-state index contributed by atoms with van der Waals surface area (Å²) < 4.78 is 27.3. The van der Waals surface area contributed by atoms with Crippen molar-refractivity contribution >= 4 is 16.1 Å². The van der Waals surface area contributed by atoms with Gasteiger partial charge in [-0.3, -0.25) is 0 Å². The zero-order chi connectivity index (χ0) is 21.7. The lowest BCUT2D eigenvalue weighted by molar-refractivity contribution is 0.381. The van der Waals surface area contributed by atoms with E-state index in [0.717, 1.165) is 35.3 Å². The van der Waals surface area contributed by atoms with E-state index in [9.17, 15) is 13.2 Å². The molecule has 0 fully saturated rings. The molecular formula is C22H31N3O3S. The number of aromatic amines is 2. The van der Waals surface area contributed by atoms with Gasteiger partial charge in [-0.05, 0) is 62.8 Å². The van der Waals surface area contributed by atoms with Crippen LogP contribution in [0.1, 0.15) is 52.7 Å². The zero-order valence-corrected chi connectivity index (χ0v) is 18.6. The Labute approximate surface area is 173 Å². The van der Waals surface area contributed by atoms with Gasteiger partial charge in [0, 0.05) is 6.20 Å². The molecule has 0 aromatic carbocycles. The highest BCUT2D eigenvalue weighted by atomic mass is 32.2. The van der Waals surface area contributed by atoms with Crippen LogP contribution < -0.4 is 10.4 Å². The molecule has 29 heavy (non-hydrogen) atoms. The van der Waals surface area contributed by atoms with Crippen LogP contribution in [0.3, 0.4) is 0 Å². The minimum atomic E-state index is -3.44. The molecule has 1 heterocycles. The number of rotatable bonds is 7. The highest BCUT2D eigenvalue weighted by Gasteiger charge is 2.33. The fraction of sp³-hybridized carbons (Fsp3) is 0.409. The summed E-state index contributed by atoms with van der Waals surface area (Å²) in [7, 11) is -1.98. The number of nitrogens with one attached hydrogen (secondary N) is 3. The lowest BCUT2D eigenvalue weighted by Gasteiger charge is -2.33. The molecule has 6 nitrogen and oxygen atoms in total. The molecule has 0 aliphatic heterocycles.